The third-order valence-electron chi connectivity index (χ3n) is 3.30. The molecule has 0 saturated carbocycles. The van der Waals surface area contributed by atoms with Crippen LogP contribution in [0.3, 0.4) is 0 Å². The molecular formula is C18H24N2O. The summed E-state index contributed by atoms with van der Waals surface area (Å²) in [7, 11) is 5.90. The summed E-state index contributed by atoms with van der Waals surface area (Å²) in [6.07, 6.45) is 0. The highest BCUT2D eigenvalue weighted by Crippen LogP contribution is 2.21. The van der Waals surface area contributed by atoms with Crippen molar-refractivity contribution >= 4 is 5.69 Å². The topological polar surface area (TPSA) is 24.5 Å². The molecule has 0 amide bonds. The van der Waals surface area contributed by atoms with Gasteiger partial charge >= 0.3 is 0 Å². The SMILES string of the molecule is COCC(Nc1cccc(CN(C)C)c1)c1ccccc1. The van der Waals surface area contributed by atoms with Crippen LogP contribution in [-0.4, -0.2) is 32.7 Å². The molecule has 1 N–H and O–H groups in total. The summed E-state index contributed by atoms with van der Waals surface area (Å²) in [5.41, 5.74) is 3.66. The molecule has 3 nitrogen and oxygen atoms in total. The van der Waals surface area contributed by atoms with Crippen molar-refractivity contribution < 1.29 is 4.74 Å². The molecule has 0 aromatic heterocycles. The summed E-state index contributed by atoms with van der Waals surface area (Å²) in [6, 6.07) is 19.1. The van der Waals surface area contributed by atoms with Gasteiger partial charge < -0.3 is 15.0 Å². The fraction of sp³-hybridized carbons (Fsp3) is 0.333. The average Bonchev–Trinajstić information content (AvgIpc) is 2.47. The Labute approximate surface area is 127 Å². The van der Waals surface area contributed by atoms with Crippen LogP contribution >= 0.6 is 0 Å². The van der Waals surface area contributed by atoms with Crippen LogP contribution in [0, 0.1) is 0 Å². The van der Waals surface area contributed by atoms with Gasteiger partial charge in [-0.15, -0.1) is 0 Å². The minimum atomic E-state index is 0.158. The van der Waals surface area contributed by atoms with Crippen LogP contribution in [0.2, 0.25) is 0 Å². The third-order valence-corrected chi connectivity index (χ3v) is 3.30. The quantitative estimate of drug-likeness (QED) is 0.841. The second-order valence-electron chi connectivity index (χ2n) is 5.50. The molecule has 1 unspecified atom stereocenters. The first-order chi connectivity index (χ1) is 10.2. The monoisotopic (exact) mass is 284 g/mol. The fourth-order valence-corrected chi connectivity index (χ4v) is 2.40. The van der Waals surface area contributed by atoms with Gasteiger partial charge in [-0.2, -0.15) is 0 Å². The normalized spacial score (nSPS) is 12.4. The summed E-state index contributed by atoms with van der Waals surface area (Å²) in [5, 5.41) is 3.57. The second kappa shape index (κ2) is 7.81. The lowest BCUT2D eigenvalue weighted by Crippen LogP contribution is -2.16. The van der Waals surface area contributed by atoms with Gasteiger partial charge in [-0.25, -0.2) is 0 Å². The first kappa shape index (κ1) is 15.5. The van der Waals surface area contributed by atoms with Gasteiger partial charge in [-0.05, 0) is 37.4 Å². The number of methoxy groups -OCH3 is 1. The standard InChI is InChI=1S/C18H24N2O/c1-20(2)13-15-8-7-11-17(12-15)19-18(14-21-3)16-9-5-4-6-10-16/h4-12,18-19H,13-14H2,1-3H3. The van der Waals surface area contributed by atoms with Crippen molar-refractivity contribution in [2.24, 2.45) is 0 Å². The van der Waals surface area contributed by atoms with Gasteiger partial charge in [0, 0.05) is 19.3 Å². The number of anilines is 1. The molecule has 0 saturated heterocycles. The van der Waals surface area contributed by atoms with E-state index in [4.69, 9.17) is 4.74 Å². The van der Waals surface area contributed by atoms with E-state index in [2.05, 4.69) is 72.8 Å². The van der Waals surface area contributed by atoms with Gasteiger partial charge in [0.1, 0.15) is 0 Å². The zero-order valence-electron chi connectivity index (χ0n) is 13.0. The summed E-state index contributed by atoms with van der Waals surface area (Å²) in [5.74, 6) is 0. The summed E-state index contributed by atoms with van der Waals surface area (Å²) < 4.78 is 5.35. The Morgan fingerprint density at radius 3 is 2.48 bits per heavy atom. The van der Waals surface area contributed by atoms with Gasteiger partial charge in [0.2, 0.25) is 0 Å². The Morgan fingerprint density at radius 2 is 1.81 bits per heavy atom. The lowest BCUT2D eigenvalue weighted by molar-refractivity contribution is 0.186. The van der Waals surface area contributed by atoms with E-state index in [0.717, 1.165) is 12.2 Å². The maximum absolute atomic E-state index is 5.35. The molecule has 0 radical (unpaired) electrons. The molecule has 2 aromatic carbocycles. The van der Waals surface area contributed by atoms with Crippen LogP contribution in [0.15, 0.2) is 54.6 Å². The van der Waals surface area contributed by atoms with Crippen LogP contribution in [0.5, 0.6) is 0 Å². The zero-order valence-corrected chi connectivity index (χ0v) is 13.0. The number of benzene rings is 2. The zero-order chi connectivity index (χ0) is 15.1. The Balaban J connectivity index is 2.13. The van der Waals surface area contributed by atoms with Crippen molar-refractivity contribution in [1.82, 2.24) is 4.90 Å². The van der Waals surface area contributed by atoms with Crippen molar-refractivity contribution in [3.05, 3.63) is 65.7 Å². The minimum Gasteiger partial charge on any atom is -0.382 e. The molecule has 2 rings (SSSR count). The molecule has 0 aliphatic carbocycles. The van der Waals surface area contributed by atoms with Crippen molar-refractivity contribution in [1.29, 1.82) is 0 Å². The molecular weight excluding hydrogens is 260 g/mol. The molecule has 0 fully saturated rings. The number of rotatable bonds is 7. The Bertz CT molecular complexity index is 540. The van der Waals surface area contributed by atoms with Crippen molar-refractivity contribution in [2.75, 3.05) is 33.1 Å². The smallest absolute Gasteiger partial charge is 0.0747 e. The summed E-state index contributed by atoms with van der Waals surface area (Å²) in [4.78, 5) is 2.17. The molecule has 2 aromatic rings. The van der Waals surface area contributed by atoms with Crippen LogP contribution in [0.4, 0.5) is 5.69 Å². The second-order valence-corrected chi connectivity index (χ2v) is 5.50. The average molecular weight is 284 g/mol. The lowest BCUT2D eigenvalue weighted by Gasteiger charge is -2.20. The highest BCUT2D eigenvalue weighted by Gasteiger charge is 2.11. The highest BCUT2D eigenvalue weighted by molar-refractivity contribution is 5.48. The van der Waals surface area contributed by atoms with E-state index in [1.165, 1.54) is 11.1 Å². The van der Waals surface area contributed by atoms with E-state index < -0.39 is 0 Å². The third kappa shape index (κ3) is 4.88. The Hall–Kier alpha value is -1.84. The number of hydrogen-bond donors (Lipinski definition) is 1. The van der Waals surface area contributed by atoms with E-state index >= 15 is 0 Å². The van der Waals surface area contributed by atoms with Crippen LogP contribution in [0.25, 0.3) is 0 Å². The van der Waals surface area contributed by atoms with Crippen LogP contribution in [0.1, 0.15) is 17.2 Å². The number of nitrogens with one attached hydrogen (secondary N) is 1. The Kier molecular flexibility index (Phi) is 5.78. The maximum Gasteiger partial charge on any atom is 0.0747 e. The summed E-state index contributed by atoms with van der Waals surface area (Å²) in [6.45, 7) is 1.58. The molecule has 0 heterocycles. The fourth-order valence-electron chi connectivity index (χ4n) is 2.40. The first-order valence-electron chi connectivity index (χ1n) is 7.23. The maximum atomic E-state index is 5.35. The number of hydrogen-bond acceptors (Lipinski definition) is 3. The molecule has 0 bridgehead atoms. The molecule has 21 heavy (non-hydrogen) atoms. The van der Waals surface area contributed by atoms with Gasteiger partial charge in [-0.3, -0.25) is 0 Å². The van der Waals surface area contributed by atoms with Gasteiger partial charge in [-0.1, -0.05) is 42.5 Å². The lowest BCUT2D eigenvalue weighted by atomic mass is 10.1. The number of ether oxygens (including phenoxy) is 1. The van der Waals surface area contributed by atoms with Crippen molar-refractivity contribution in [2.45, 2.75) is 12.6 Å². The van der Waals surface area contributed by atoms with Crippen molar-refractivity contribution in [3.8, 4) is 0 Å². The molecule has 3 heteroatoms. The molecule has 0 aliphatic heterocycles. The van der Waals surface area contributed by atoms with Crippen molar-refractivity contribution in [3.63, 3.8) is 0 Å². The molecule has 112 valence electrons. The van der Waals surface area contributed by atoms with Crippen LogP contribution in [-0.2, 0) is 11.3 Å². The predicted molar refractivity (Wildman–Crippen MR) is 88.5 cm³/mol. The molecule has 0 aliphatic rings. The van der Waals surface area contributed by atoms with Gasteiger partial charge in [0.25, 0.3) is 0 Å². The highest BCUT2D eigenvalue weighted by atomic mass is 16.5. The van der Waals surface area contributed by atoms with Crippen LogP contribution < -0.4 is 5.32 Å². The Morgan fingerprint density at radius 1 is 1.05 bits per heavy atom. The van der Waals surface area contributed by atoms with E-state index in [9.17, 15) is 0 Å². The van der Waals surface area contributed by atoms with E-state index in [1.54, 1.807) is 7.11 Å². The molecule has 1 atom stereocenters. The van der Waals surface area contributed by atoms with E-state index in [0.29, 0.717) is 6.61 Å². The summed E-state index contributed by atoms with van der Waals surface area (Å²) >= 11 is 0. The van der Waals surface area contributed by atoms with Gasteiger partial charge in [0.05, 0.1) is 12.6 Å². The van der Waals surface area contributed by atoms with Gasteiger partial charge in [0.15, 0.2) is 0 Å². The predicted octanol–water partition coefficient (Wildman–Crippen LogP) is 3.55. The largest absolute Gasteiger partial charge is 0.382 e. The van der Waals surface area contributed by atoms with E-state index in [1.807, 2.05) is 6.07 Å². The minimum absolute atomic E-state index is 0.158. The van der Waals surface area contributed by atoms with E-state index in [-0.39, 0.29) is 6.04 Å². The first-order valence-corrected chi connectivity index (χ1v) is 7.23. The molecule has 0 spiro atoms. The number of nitrogens with zero attached hydrogens (tertiary/aromatic N) is 1.